The minimum Gasteiger partial charge on any atom is -0.474 e. The van der Waals surface area contributed by atoms with Crippen molar-refractivity contribution < 1.29 is 9.47 Å². The van der Waals surface area contributed by atoms with Gasteiger partial charge in [-0.15, -0.1) is 0 Å². The fourth-order valence-electron chi connectivity index (χ4n) is 2.09. The zero-order valence-electron chi connectivity index (χ0n) is 10.9. The molecule has 3 heterocycles. The summed E-state index contributed by atoms with van der Waals surface area (Å²) in [6, 6.07) is 4.97. The molecule has 1 aliphatic rings. The number of aromatic nitrogens is 3. The van der Waals surface area contributed by atoms with E-state index in [1.807, 2.05) is 0 Å². The van der Waals surface area contributed by atoms with Gasteiger partial charge in [0.25, 0.3) is 5.56 Å². The van der Waals surface area contributed by atoms with E-state index in [-0.39, 0.29) is 11.7 Å². The van der Waals surface area contributed by atoms with Crippen molar-refractivity contribution in [3.05, 3.63) is 47.3 Å². The molecule has 3 rings (SSSR count). The molecule has 0 aromatic carbocycles. The van der Waals surface area contributed by atoms with Crippen LogP contribution in [-0.2, 0) is 4.74 Å². The van der Waals surface area contributed by atoms with Gasteiger partial charge in [-0.05, 0) is 6.07 Å². The van der Waals surface area contributed by atoms with Crippen LogP contribution in [0.3, 0.4) is 0 Å². The largest absolute Gasteiger partial charge is 0.474 e. The van der Waals surface area contributed by atoms with Crippen LogP contribution in [0.4, 0.5) is 0 Å². The van der Waals surface area contributed by atoms with Gasteiger partial charge < -0.3 is 9.47 Å². The smallest absolute Gasteiger partial charge is 0.257 e. The monoisotopic (exact) mass is 273 g/mol. The number of hydrogen-bond acceptors (Lipinski definition) is 5. The molecule has 0 radical (unpaired) electrons. The van der Waals surface area contributed by atoms with E-state index < -0.39 is 0 Å². The van der Waals surface area contributed by atoms with Crippen molar-refractivity contribution in [2.24, 2.45) is 0 Å². The van der Waals surface area contributed by atoms with Crippen LogP contribution in [-0.4, -0.2) is 33.9 Å². The van der Waals surface area contributed by atoms with Gasteiger partial charge in [0, 0.05) is 31.2 Å². The van der Waals surface area contributed by atoms with Gasteiger partial charge in [0.2, 0.25) is 5.88 Å². The van der Waals surface area contributed by atoms with Gasteiger partial charge in [-0.1, -0.05) is 0 Å². The van der Waals surface area contributed by atoms with Gasteiger partial charge in [0.15, 0.2) is 0 Å². The van der Waals surface area contributed by atoms with E-state index in [9.17, 15) is 4.79 Å². The zero-order chi connectivity index (χ0) is 13.8. The number of rotatable bonds is 3. The molecular formula is C14H15N3O3. The van der Waals surface area contributed by atoms with Gasteiger partial charge in [-0.2, -0.15) is 0 Å². The first kappa shape index (κ1) is 12.8. The van der Waals surface area contributed by atoms with Crippen molar-refractivity contribution in [1.82, 2.24) is 14.5 Å². The fourth-order valence-corrected chi connectivity index (χ4v) is 2.09. The third-order valence-corrected chi connectivity index (χ3v) is 3.18. The summed E-state index contributed by atoms with van der Waals surface area (Å²) in [4.78, 5) is 19.8. The summed E-state index contributed by atoms with van der Waals surface area (Å²) in [5.74, 6) is 0.567. The Morgan fingerprint density at radius 3 is 2.80 bits per heavy atom. The van der Waals surface area contributed by atoms with E-state index in [2.05, 4.69) is 9.97 Å². The van der Waals surface area contributed by atoms with Crippen LogP contribution in [0.15, 0.2) is 41.7 Å². The average Bonchev–Trinajstić information content (AvgIpc) is 2.50. The van der Waals surface area contributed by atoms with Crippen molar-refractivity contribution >= 4 is 0 Å². The Hall–Kier alpha value is -2.21. The lowest BCUT2D eigenvalue weighted by Crippen LogP contribution is -2.26. The molecule has 0 unspecified atom stereocenters. The first-order valence-corrected chi connectivity index (χ1v) is 6.56. The summed E-state index contributed by atoms with van der Waals surface area (Å²) in [5, 5.41) is 0. The predicted octanol–water partition coefficient (Wildman–Crippen LogP) is 1.19. The summed E-state index contributed by atoms with van der Waals surface area (Å²) in [7, 11) is 0. The second kappa shape index (κ2) is 5.83. The van der Waals surface area contributed by atoms with E-state index in [4.69, 9.17) is 9.47 Å². The van der Waals surface area contributed by atoms with Gasteiger partial charge in [-0.25, -0.2) is 9.97 Å². The Morgan fingerprint density at radius 1 is 1.25 bits per heavy atom. The summed E-state index contributed by atoms with van der Waals surface area (Å²) in [5.41, 5.74) is 0.530. The fraction of sp³-hybridized carbons (Fsp3) is 0.357. The standard InChI is InChI=1S/C14H15N3O3/c18-14-3-6-15-10-17(14)11-1-2-13(16-9-11)20-12-4-7-19-8-5-12/h1-3,6,9-10,12H,4-5,7-8H2. The second-order valence-electron chi connectivity index (χ2n) is 4.57. The van der Waals surface area contributed by atoms with E-state index in [0.717, 1.165) is 26.1 Å². The highest BCUT2D eigenvalue weighted by Gasteiger charge is 2.15. The van der Waals surface area contributed by atoms with Crippen LogP contribution >= 0.6 is 0 Å². The third kappa shape index (κ3) is 2.85. The Bertz CT molecular complexity index is 618. The predicted molar refractivity (Wildman–Crippen MR) is 72.1 cm³/mol. The van der Waals surface area contributed by atoms with Gasteiger partial charge in [0.05, 0.1) is 25.1 Å². The van der Waals surface area contributed by atoms with Crippen molar-refractivity contribution in [3.63, 3.8) is 0 Å². The maximum absolute atomic E-state index is 11.7. The summed E-state index contributed by atoms with van der Waals surface area (Å²) < 4.78 is 12.5. The van der Waals surface area contributed by atoms with Crippen molar-refractivity contribution in [2.45, 2.75) is 18.9 Å². The van der Waals surface area contributed by atoms with Crippen LogP contribution in [0.25, 0.3) is 5.69 Å². The molecule has 0 aliphatic carbocycles. The molecule has 0 N–H and O–H groups in total. The Labute approximate surface area is 116 Å². The summed E-state index contributed by atoms with van der Waals surface area (Å²) >= 11 is 0. The normalized spacial score (nSPS) is 16.0. The molecule has 104 valence electrons. The second-order valence-corrected chi connectivity index (χ2v) is 4.57. The molecule has 0 atom stereocenters. The maximum atomic E-state index is 11.7. The Morgan fingerprint density at radius 2 is 2.10 bits per heavy atom. The number of ether oxygens (including phenoxy) is 2. The van der Waals surface area contributed by atoms with Crippen LogP contribution in [0, 0.1) is 0 Å². The van der Waals surface area contributed by atoms with E-state index in [0.29, 0.717) is 11.6 Å². The van der Waals surface area contributed by atoms with E-state index in [1.54, 1.807) is 18.3 Å². The molecule has 0 amide bonds. The molecule has 6 heteroatoms. The lowest BCUT2D eigenvalue weighted by Gasteiger charge is -2.22. The molecule has 1 fully saturated rings. The van der Waals surface area contributed by atoms with Crippen LogP contribution in [0.2, 0.25) is 0 Å². The SMILES string of the molecule is O=c1ccncn1-c1ccc(OC2CCOCC2)nc1. The zero-order valence-corrected chi connectivity index (χ0v) is 10.9. The van der Waals surface area contributed by atoms with Crippen molar-refractivity contribution in [3.8, 4) is 11.6 Å². The number of nitrogens with zero attached hydrogens (tertiary/aromatic N) is 3. The lowest BCUT2D eigenvalue weighted by atomic mass is 10.1. The van der Waals surface area contributed by atoms with E-state index in [1.165, 1.54) is 23.2 Å². The minimum atomic E-state index is -0.139. The molecule has 0 saturated carbocycles. The highest BCUT2D eigenvalue weighted by Crippen LogP contribution is 2.16. The molecular weight excluding hydrogens is 258 g/mol. The highest BCUT2D eigenvalue weighted by atomic mass is 16.5. The van der Waals surface area contributed by atoms with E-state index >= 15 is 0 Å². The van der Waals surface area contributed by atoms with Crippen molar-refractivity contribution in [2.75, 3.05) is 13.2 Å². The molecule has 1 saturated heterocycles. The van der Waals surface area contributed by atoms with Gasteiger partial charge >= 0.3 is 0 Å². The Kier molecular flexibility index (Phi) is 3.73. The molecule has 2 aromatic rings. The first-order valence-electron chi connectivity index (χ1n) is 6.56. The third-order valence-electron chi connectivity index (χ3n) is 3.18. The maximum Gasteiger partial charge on any atom is 0.257 e. The Balaban J connectivity index is 1.74. The topological polar surface area (TPSA) is 66.2 Å². The first-order chi connectivity index (χ1) is 9.83. The number of hydrogen-bond donors (Lipinski definition) is 0. The van der Waals surface area contributed by atoms with Crippen molar-refractivity contribution in [1.29, 1.82) is 0 Å². The molecule has 0 bridgehead atoms. The molecule has 6 nitrogen and oxygen atoms in total. The molecule has 0 spiro atoms. The van der Waals surface area contributed by atoms with Crippen LogP contribution < -0.4 is 10.3 Å². The molecule has 20 heavy (non-hydrogen) atoms. The average molecular weight is 273 g/mol. The van der Waals surface area contributed by atoms with Crippen LogP contribution in [0.5, 0.6) is 5.88 Å². The molecule has 2 aromatic heterocycles. The minimum absolute atomic E-state index is 0.139. The molecule has 1 aliphatic heterocycles. The quantitative estimate of drug-likeness (QED) is 0.840. The lowest BCUT2D eigenvalue weighted by molar-refractivity contribution is 0.0237. The summed E-state index contributed by atoms with van der Waals surface area (Å²) in [6.07, 6.45) is 6.46. The highest BCUT2D eigenvalue weighted by molar-refractivity contribution is 5.31. The van der Waals surface area contributed by atoms with Gasteiger partial charge in [-0.3, -0.25) is 9.36 Å². The van der Waals surface area contributed by atoms with Gasteiger partial charge in [0.1, 0.15) is 12.4 Å². The number of pyridine rings is 1. The summed E-state index contributed by atoms with van der Waals surface area (Å²) in [6.45, 7) is 1.46. The van der Waals surface area contributed by atoms with Crippen LogP contribution in [0.1, 0.15) is 12.8 Å².